The summed E-state index contributed by atoms with van der Waals surface area (Å²) in [6.45, 7) is 14.0. The topological polar surface area (TPSA) is 126 Å². The Labute approximate surface area is 234 Å². The summed E-state index contributed by atoms with van der Waals surface area (Å²) in [7, 11) is 0. The number of fused-ring (bicyclic) bond motifs is 3. The molecular formula is C27H38ClN5O6. The fraction of sp³-hybridized carbons (Fsp3) is 0.556. The summed E-state index contributed by atoms with van der Waals surface area (Å²) in [5.74, 6) is -0.600. The van der Waals surface area contributed by atoms with Crippen molar-refractivity contribution in [3.63, 3.8) is 0 Å². The molecule has 2 N–H and O–H groups in total. The molecule has 1 aliphatic heterocycles. The molecule has 39 heavy (non-hydrogen) atoms. The van der Waals surface area contributed by atoms with E-state index in [2.05, 4.69) is 10.3 Å². The Morgan fingerprint density at radius 3 is 2.31 bits per heavy atom. The first kappa shape index (κ1) is 30.2. The Kier molecular flexibility index (Phi) is 8.86. The van der Waals surface area contributed by atoms with Crippen LogP contribution in [0.3, 0.4) is 0 Å². The zero-order chi connectivity index (χ0) is 29.3. The van der Waals surface area contributed by atoms with Crippen molar-refractivity contribution in [1.29, 1.82) is 0 Å². The van der Waals surface area contributed by atoms with Crippen molar-refractivity contribution < 1.29 is 29.0 Å². The van der Waals surface area contributed by atoms with Crippen LogP contribution in [0, 0.1) is 0 Å². The molecule has 3 amide bonds. The molecule has 0 spiro atoms. The van der Waals surface area contributed by atoms with E-state index in [1.807, 2.05) is 0 Å². The standard InChI is InChI=1S/C27H38ClN5O6/c1-16(30-24(36)39-27(6,7)8)12-31(13-17(2)34)25(37)32-14-21-22(23(35)38-26(3,4)5)29-15-33(21)19-10-9-18(28)11-20(19)32/h9-11,15-17,34H,12-14H2,1-8H3,(H,30,36)/t16-,17-/m0/s1. The number of urea groups is 1. The van der Waals surface area contributed by atoms with Gasteiger partial charge >= 0.3 is 18.1 Å². The van der Waals surface area contributed by atoms with E-state index in [0.29, 0.717) is 22.1 Å². The van der Waals surface area contributed by atoms with Crippen LogP contribution in [0.1, 0.15) is 71.6 Å². The second-order valence-electron chi connectivity index (χ2n) is 11.7. The van der Waals surface area contributed by atoms with E-state index in [0.717, 1.165) is 0 Å². The van der Waals surface area contributed by atoms with Crippen molar-refractivity contribution in [2.45, 2.75) is 85.3 Å². The third kappa shape index (κ3) is 7.86. The van der Waals surface area contributed by atoms with Gasteiger partial charge in [0.2, 0.25) is 0 Å². The maximum Gasteiger partial charge on any atom is 0.407 e. The highest BCUT2D eigenvalue weighted by Gasteiger charge is 2.35. The normalized spacial score (nSPS) is 14.6. The first-order chi connectivity index (χ1) is 17.9. The number of benzene rings is 1. The van der Waals surface area contributed by atoms with Gasteiger partial charge in [0.15, 0.2) is 5.69 Å². The average molecular weight is 564 g/mol. The number of nitrogens with one attached hydrogen (secondary N) is 1. The minimum Gasteiger partial charge on any atom is -0.455 e. The van der Waals surface area contributed by atoms with Gasteiger partial charge < -0.3 is 24.8 Å². The highest BCUT2D eigenvalue weighted by Crippen LogP contribution is 2.36. The van der Waals surface area contributed by atoms with Crippen LogP contribution in [0.4, 0.5) is 15.3 Å². The molecule has 2 aromatic rings. The van der Waals surface area contributed by atoms with Crippen LogP contribution in [0.5, 0.6) is 0 Å². The number of amides is 3. The number of carbonyl (C=O) groups excluding carboxylic acids is 3. The molecule has 2 heterocycles. The number of aliphatic hydroxyl groups excluding tert-OH is 1. The van der Waals surface area contributed by atoms with Crippen molar-refractivity contribution in [3.05, 3.63) is 40.9 Å². The van der Waals surface area contributed by atoms with Crippen molar-refractivity contribution in [3.8, 4) is 5.69 Å². The summed E-state index contributed by atoms with van der Waals surface area (Å²) >= 11 is 6.31. The number of halogens is 1. The van der Waals surface area contributed by atoms with Crippen LogP contribution in [-0.2, 0) is 16.0 Å². The summed E-state index contributed by atoms with van der Waals surface area (Å²) in [5, 5.41) is 13.3. The number of anilines is 1. The number of aromatic nitrogens is 2. The molecule has 0 saturated heterocycles. The summed E-state index contributed by atoms with van der Waals surface area (Å²) in [4.78, 5) is 46.5. The number of hydrogen-bond donors (Lipinski definition) is 2. The highest BCUT2D eigenvalue weighted by molar-refractivity contribution is 6.31. The Morgan fingerprint density at radius 2 is 1.72 bits per heavy atom. The molecule has 2 atom stereocenters. The SMILES string of the molecule is C[C@H](O)CN(C[C@H](C)NC(=O)OC(C)(C)C)C(=O)N1Cc2c(C(=O)OC(C)(C)C)ncn2-c2ccc(Cl)cc21. The van der Waals surface area contributed by atoms with Gasteiger partial charge in [0.05, 0.1) is 29.7 Å². The molecule has 0 bridgehead atoms. The van der Waals surface area contributed by atoms with Gasteiger partial charge in [-0.3, -0.25) is 9.47 Å². The Bertz CT molecular complexity index is 1230. The molecule has 214 valence electrons. The number of alkyl carbamates (subject to hydrolysis) is 1. The number of aliphatic hydroxyl groups is 1. The lowest BCUT2D eigenvalue weighted by Gasteiger charge is -2.36. The van der Waals surface area contributed by atoms with Crippen LogP contribution < -0.4 is 10.2 Å². The maximum absolute atomic E-state index is 14.0. The number of carbonyl (C=O) groups is 3. The van der Waals surface area contributed by atoms with Crippen LogP contribution >= 0.6 is 11.6 Å². The fourth-order valence-corrected chi connectivity index (χ4v) is 4.32. The molecular weight excluding hydrogens is 526 g/mol. The quantitative estimate of drug-likeness (QED) is 0.495. The molecule has 0 aliphatic carbocycles. The number of rotatable bonds is 6. The molecule has 0 unspecified atom stereocenters. The van der Waals surface area contributed by atoms with E-state index >= 15 is 0 Å². The first-order valence-electron chi connectivity index (χ1n) is 12.8. The third-order valence-electron chi connectivity index (χ3n) is 5.50. The Hall–Kier alpha value is -3.31. The van der Waals surface area contributed by atoms with Crippen LogP contribution in [-0.4, -0.2) is 74.1 Å². The molecule has 3 rings (SSSR count). The molecule has 11 nitrogen and oxygen atoms in total. The Balaban J connectivity index is 1.94. The number of imidazole rings is 1. The van der Waals surface area contributed by atoms with E-state index in [1.165, 1.54) is 16.1 Å². The zero-order valence-electron chi connectivity index (χ0n) is 23.7. The fourth-order valence-electron chi connectivity index (χ4n) is 4.16. The van der Waals surface area contributed by atoms with Gasteiger partial charge in [0, 0.05) is 24.2 Å². The van der Waals surface area contributed by atoms with E-state index in [4.69, 9.17) is 21.1 Å². The summed E-state index contributed by atoms with van der Waals surface area (Å²) in [5.41, 5.74) is 0.290. The number of esters is 1. The van der Waals surface area contributed by atoms with Gasteiger partial charge in [-0.1, -0.05) is 11.6 Å². The van der Waals surface area contributed by atoms with Crippen LogP contribution in [0.25, 0.3) is 5.69 Å². The predicted octanol–water partition coefficient (Wildman–Crippen LogP) is 4.52. The maximum atomic E-state index is 14.0. The summed E-state index contributed by atoms with van der Waals surface area (Å²) < 4.78 is 12.6. The molecule has 1 aromatic carbocycles. The first-order valence-corrected chi connectivity index (χ1v) is 13.2. The van der Waals surface area contributed by atoms with Crippen molar-refractivity contribution in [2.75, 3.05) is 18.0 Å². The lowest BCUT2D eigenvalue weighted by molar-refractivity contribution is 0.00616. The molecule has 0 radical (unpaired) electrons. The summed E-state index contributed by atoms with van der Waals surface area (Å²) in [6.07, 6.45) is 0.0680. The van der Waals surface area contributed by atoms with E-state index < -0.39 is 41.4 Å². The Morgan fingerprint density at radius 1 is 1.08 bits per heavy atom. The third-order valence-corrected chi connectivity index (χ3v) is 5.73. The lowest BCUT2D eigenvalue weighted by atomic mass is 10.1. The van der Waals surface area contributed by atoms with E-state index in [9.17, 15) is 19.5 Å². The highest BCUT2D eigenvalue weighted by atomic mass is 35.5. The largest absolute Gasteiger partial charge is 0.455 e. The van der Waals surface area contributed by atoms with Gasteiger partial charge in [0.1, 0.15) is 17.5 Å². The van der Waals surface area contributed by atoms with E-state index in [1.54, 1.807) is 78.2 Å². The predicted molar refractivity (Wildman–Crippen MR) is 147 cm³/mol. The molecule has 0 fully saturated rings. The van der Waals surface area contributed by atoms with E-state index in [-0.39, 0.29) is 25.3 Å². The van der Waals surface area contributed by atoms with Crippen molar-refractivity contribution >= 4 is 35.4 Å². The van der Waals surface area contributed by atoms with Gasteiger partial charge in [0.25, 0.3) is 0 Å². The minimum absolute atomic E-state index is 0.00373. The summed E-state index contributed by atoms with van der Waals surface area (Å²) in [6, 6.07) is 4.15. The van der Waals surface area contributed by atoms with Crippen LogP contribution in [0.15, 0.2) is 24.5 Å². The number of nitrogens with zero attached hydrogens (tertiary/aromatic N) is 4. The molecule has 1 aliphatic rings. The van der Waals surface area contributed by atoms with Crippen molar-refractivity contribution in [2.24, 2.45) is 0 Å². The van der Waals surface area contributed by atoms with Gasteiger partial charge in [-0.25, -0.2) is 19.4 Å². The molecule has 0 saturated carbocycles. The second-order valence-corrected chi connectivity index (χ2v) is 12.2. The number of hydrogen-bond acceptors (Lipinski definition) is 7. The van der Waals surface area contributed by atoms with Gasteiger partial charge in [-0.2, -0.15) is 0 Å². The average Bonchev–Trinajstić information content (AvgIpc) is 3.18. The lowest BCUT2D eigenvalue weighted by Crippen LogP contribution is -2.52. The molecule has 12 heteroatoms. The van der Waals surface area contributed by atoms with Crippen LogP contribution in [0.2, 0.25) is 5.02 Å². The second kappa shape index (κ2) is 11.4. The smallest absolute Gasteiger partial charge is 0.407 e. The number of ether oxygens (including phenoxy) is 2. The van der Waals surface area contributed by atoms with Crippen molar-refractivity contribution in [1.82, 2.24) is 19.8 Å². The molecule has 1 aromatic heterocycles. The van der Waals surface area contributed by atoms with Gasteiger partial charge in [-0.15, -0.1) is 0 Å². The van der Waals surface area contributed by atoms with Gasteiger partial charge in [-0.05, 0) is 73.6 Å². The minimum atomic E-state index is -0.839. The monoisotopic (exact) mass is 563 g/mol. The zero-order valence-corrected chi connectivity index (χ0v) is 24.5.